The van der Waals surface area contributed by atoms with Crippen molar-refractivity contribution in [3.8, 4) is 0 Å². The fourth-order valence-corrected chi connectivity index (χ4v) is 2.29. The number of nitrogens with two attached hydrogens (primary N) is 2. The number of carbonyl (C=O) groups excluding carboxylic acids is 1. The molecule has 110 valence electrons. The molecule has 4 heteroatoms. The van der Waals surface area contributed by atoms with Gasteiger partial charge in [-0.15, -0.1) is 0 Å². The van der Waals surface area contributed by atoms with Crippen LogP contribution in [0, 0.1) is 0 Å². The predicted molar refractivity (Wildman–Crippen MR) is 87.3 cm³/mol. The normalized spacial score (nSPS) is 11.9. The highest BCUT2D eigenvalue weighted by Gasteiger charge is 2.09. The summed E-state index contributed by atoms with van der Waals surface area (Å²) >= 11 is 0. The lowest BCUT2D eigenvalue weighted by Crippen LogP contribution is -2.15. The summed E-state index contributed by atoms with van der Waals surface area (Å²) in [5.41, 5.74) is 14.2. The Labute approximate surface area is 125 Å². The van der Waals surface area contributed by atoms with Crippen molar-refractivity contribution in [2.24, 2.45) is 5.73 Å². The van der Waals surface area contributed by atoms with Crippen molar-refractivity contribution in [3.63, 3.8) is 0 Å². The van der Waals surface area contributed by atoms with Crippen LogP contribution in [-0.4, -0.2) is 12.5 Å². The van der Waals surface area contributed by atoms with E-state index < -0.39 is 5.91 Å². The first-order valence-corrected chi connectivity index (χ1v) is 7.06. The number of primary amides is 1. The molecule has 0 aliphatic carbocycles. The summed E-state index contributed by atoms with van der Waals surface area (Å²) in [6, 6.07) is 15.4. The quantitative estimate of drug-likeness (QED) is 0.713. The summed E-state index contributed by atoms with van der Waals surface area (Å²) in [6.45, 7) is 2.94. The minimum atomic E-state index is -0.450. The zero-order chi connectivity index (χ0) is 15.2. The molecule has 1 amide bonds. The fraction of sp³-hybridized carbons (Fsp3) is 0.235. The lowest BCUT2D eigenvalue weighted by Gasteiger charge is -2.15. The molecule has 4 nitrogen and oxygen atoms in total. The molecule has 0 saturated carbocycles. The number of carbonyl (C=O) groups is 1. The molecule has 2 aromatic carbocycles. The summed E-state index contributed by atoms with van der Waals surface area (Å²) < 4.78 is 0. The van der Waals surface area contributed by atoms with Crippen LogP contribution in [0.5, 0.6) is 0 Å². The summed E-state index contributed by atoms with van der Waals surface area (Å²) in [7, 11) is 0. The molecule has 2 aromatic rings. The van der Waals surface area contributed by atoms with Crippen LogP contribution in [0.3, 0.4) is 0 Å². The molecular weight excluding hydrogens is 262 g/mol. The van der Waals surface area contributed by atoms with Gasteiger partial charge in [-0.1, -0.05) is 37.3 Å². The van der Waals surface area contributed by atoms with Crippen LogP contribution in [0.25, 0.3) is 0 Å². The predicted octanol–water partition coefficient (Wildman–Crippen LogP) is 2.97. The zero-order valence-electron chi connectivity index (χ0n) is 12.2. The van der Waals surface area contributed by atoms with Gasteiger partial charge in [0.2, 0.25) is 0 Å². The van der Waals surface area contributed by atoms with Crippen molar-refractivity contribution in [1.29, 1.82) is 0 Å². The molecular formula is C17H21N3O. The molecule has 21 heavy (non-hydrogen) atoms. The summed E-state index contributed by atoms with van der Waals surface area (Å²) in [4.78, 5) is 11.4. The van der Waals surface area contributed by atoms with Gasteiger partial charge in [0.25, 0.3) is 5.91 Å². The third kappa shape index (κ3) is 3.99. The first-order chi connectivity index (χ1) is 10.1. The van der Waals surface area contributed by atoms with Crippen molar-refractivity contribution < 1.29 is 4.79 Å². The van der Waals surface area contributed by atoms with E-state index in [1.165, 1.54) is 5.56 Å². The van der Waals surface area contributed by atoms with E-state index in [-0.39, 0.29) is 0 Å². The molecule has 0 spiro atoms. The molecule has 0 bridgehead atoms. The summed E-state index contributed by atoms with van der Waals surface area (Å²) in [5, 5.41) is 3.26. The molecule has 0 radical (unpaired) electrons. The number of anilines is 2. The number of nitrogens with one attached hydrogen (secondary N) is 1. The van der Waals surface area contributed by atoms with Crippen molar-refractivity contribution in [3.05, 3.63) is 59.7 Å². The first-order valence-electron chi connectivity index (χ1n) is 7.06. The Morgan fingerprint density at radius 1 is 1.19 bits per heavy atom. The molecule has 0 heterocycles. The molecule has 0 aliphatic heterocycles. The minimum Gasteiger partial charge on any atom is -0.399 e. The van der Waals surface area contributed by atoms with Crippen molar-refractivity contribution in [2.75, 3.05) is 17.6 Å². The highest BCUT2D eigenvalue weighted by Crippen LogP contribution is 2.21. The first kappa shape index (κ1) is 14.9. The lowest BCUT2D eigenvalue weighted by atomic mass is 9.98. The molecule has 1 atom stereocenters. The maximum Gasteiger partial charge on any atom is 0.250 e. The zero-order valence-corrected chi connectivity index (χ0v) is 12.2. The number of hydrogen-bond acceptors (Lipinski definition) is 3. The highest BCUT2D eigenvalue weighted by molar-refractivity contribution is 5.99. The van der Waals surface area contributed by atoms with Gasteiger partial charge in [-0.05, 0) is 36.1 Å². The second-order valence-corrected chi connectivity index (χ2v) is 5.20. The van der Waals surface area contributed by atoms with Gasteiger partial charge in [0.15, 0.2) is 0 Å². The Morgan fingerprint density at radius 2 is 1.90 bits per heavy atom. The monoisotopic (exact) mass is 283 g/mol. The van der Waals surface area contributed by atoms with Crippen molar-refractivity contribution in [2.45, 2.75) is 19.3 Å². The number of amides is 1. The highest BCUT2D eigenvalue weighted by atomic mass is 16.1. The molecule has 0 fully saturated rings. The Hall–Kier alpha value is -2.49. The van der Waals surface area contributed by atoms with Gasteiger partial charge in [0.1, 0.15) is 0 Å². The van der Waals surface area contributed by atoms with E-state index in [2.05, 4.69) is 24.4 Å². The summed E-state index contributed by atoms with van der Waals surface area (Å²) in [5.74, 6) is -0.00889. The van der Waals surface area contributed by atoms with Crippen LogP contribution in [0.15, 0.2) is 48.5 Å². The van der Waals surface area contributed by atoms with Crippen molar-refractivity contribution >= 4 is 17.3 Å². The molecule has 1 unspecified atom stereocenters. The second-order valence-electron chi connectivity index (χ2n) is 5.20. The van der Waals surface area contributed by atoms with Crippen LogP contribution in [0.4, 0.5) is 11.4 Å². The van der Waals surface area contributed by atoms with Crippen LogP contribution in [0.1, 0.15) is 35.2 Å². The topological polar surface area (TPSA) is 81.1 Å². The average molecular weight is 283 g/mol. The van der Waals surface area contributed by atoms with Crippen LogP contribution >= 0.6 is 0 Å². The SMILES string of the molecule is CC(CCNc1cc(N)ccc1C(N)=O)c1ccccc1. The van der Waals surface area contributed by atoms with E-state index in [9.17, 15) is 4.79 Å². The third-order valence-electron chi connectivity index (χ3n) is 3.57. The van der Waals surface area contributed by atoms with E-state index in [0.717, 1.165) is 13.0 Å². The van der Waals surface area contributed by atoms with Gasteiger partial charge in [-0.25, -0.2) is 0 Å². The van der Waals surface area contributed by atoms with E-state index in [0.29, 0.717) is 22.9 Å². The maximum atomic E-state index is 11.4. The van der Waals surface area contributed by atoms with Gasteiger partial charge in [0.05, 0.1) is 5.56 Å². The molecule has 2 rings (SSSR count). The lowest BCUT2D eigenvalue weighted by molar-refractivity contribution is 0.100. The van der Waals surface area contributed by atoms with Gasteiger partial charge < -0.3 is 16.8 Å². The van der Waals surface area contributed by atoms with Crippen LogP contribution in [-0.2, 0) is 0 Å². The van der Waals surface area contributed by atoms with E-state index in [4.69, 9.17) is 11.5 Å². The standard InChI is InChI=1S/C17H21N3O/c1-12(13-5-3-2-4-6-13)9-10-20-16-11-14(18)7-8-15(16)17(19)21/h2-8,11-12,20H,9-10,18H2,1H3,(H2,19,21). The Kier molecular flexibility index (Phi) is 4.82. The largest absolute Gasteiger partial charge is 0.399 e. The third-order valence-corrected chi connectivity index (χ3v) is 3.57. The van der Waals surface area contributed by atoms with E-state index >= 15 is 0 Å². The molecule has 0 saturated heterocycles. The summed E-state index contributed by atoms with van der Waals surface area (Å²) in [6.07, 6.45) is 0.955. The number of rotatable bonds is 6. The van der Waals surface area contributed by atoms with E-state index in [1.54, 1.807) is 18.2 Å². The smallest absolute Gasteiger partial charge is 0.250 e. The average Bonchev–Trinajstić information content (AvgIpc) is 2.48. The Bertz CT molecular complexity index is 611. The fourth-order valence-electron chi connectivity index (χ4n) is 2.29. The molecule has 0 aromatic heterocycles. The number of hydrogen-bond donors (Lipinski definition) is 3. The Morgan fingerprint density at radius 3 is 2.57 bits per heavy atom. The number of nitrogen functional groups attached to an aromatic ring is 1. The van der Waals surface area contributed by atoms with E-state index in [1.807, 2.05) is 18.2 Å². The minimum absolute atomic E-state index is 0.441. The van der Waals surface area contributed by atoms with Gasteiger partial charge >= 0.3 is 0 Å². The second kappa shape index (κ2) is 6.79. The van der Waals surface area contributed by atoms with Crippen molar-refractivity contribution in [1.82, 2.24) is 0 Å². The van der Waals surface area contributed by atoms with Crippen LogP contribution in [0.2, 0.25) is 0 Å². The van der Waals surface area contributed by atoms with Gasteiger partial charge in [-0.3, -0.25) is 4.79 Å². The van der Waals surface area contributed by atoms with Crippen LogP contribution < -0.4 is 16.8 Å². The van der Waals surface area contributed by atoms with Gasteiger partial charge in [-0.2, -0.15) is 0 Å². The Balaban J connectivity index is 1.97. The van der Waals surface area contributed by atoms with Gasteiger partial charge in [0, 0.05) is 17.9 Å². The maximum absolute atomic E-state index is 11.4. The number of benzene rings is 2. The molecule has 0 aliphatic rings. The molecule has 5 N–H and O–H groups in total.